The Bertz CT molecular complexity index is 1440. The van der Waals surface area contributed by atoms with Crippen molar-refractivity contribution in [3.05, 3.63) is 71.8 Å². The zero-order valence-corrected chi connectivity index (χ0v) is 25.5. The molecule has 44 heavy (non-hydrogen) atoms. The van der Waals surface area contributed by atoms with Crippen LogP contribution < -0.4 is 0 Å². The Morgan fingerprint density at radius 3 is 1.70 bits per heavy atom. The summed E-state index contributed by atoms with van der Waals surface area (Å²) in [5.41, 5.74) is -6.59. The summed E-state index contributed by atoms with van der Waals surface area (Å²) < 4.78 is 30.9. The molecular weight excluding hydrogens is 572 g/mol. The lowest BCUT2D eigenvalue weighted by atomic mass is 9.46. The van der Waals surface area contributed by atoms with Crippen molar-refractivity contribution in [2.24, 2.45) is 11.3 Å². The van der Waals surface area contributed by atoms with Gasteiger partial charge in [-0.3, -0.25) is 9.59 Å². The monoisotopic (exact) mass is 610 g/mol. The van der Waals surface area contributed by atoms with Gasteiger partial charge in [0.05, 0.1) is 39.8 Å². The lowest BCUT2D eigenvalue weighted by Crippen LogP contribution is -2.83. The van der Waals surface area contributed by atoms with Crippen LogP contribution in [0.5, 0.6) is 0 Å². The molecule has 1 spiro atoms. The predicted molar refractivity (Wildman–Crippen MR) is 153 cm³/mol. The molecule has 11 nitrogen and oxygen atoms in total. The number of carbonyl (C=O) groups excluding carboxylic acids is 4. The van der Waals surface area contributed by atoms with Gasteiger partial charge in [-0.15, -0.1) is 0 Å². The Labute approximate surface area is 255 Å². The number of benzene rings is 2. The van der Waals surface area contributed by atoms with Crippen LogP contribution in [0, 0.1) is 11.3 Å². The Morgan fingerprint density at radius 2 is 1.20 bits per heavy atom. The smallest absolute Gasteiger partial charge is 0.338 e. The number of rotatable bonds is 6. The third-order valence-electron chi connectivity index (χ3n) is 9.43. The summed E-state index contributed by atoms with van der Waals surface area (Å²) >= 11 is 0. The number of carbonyl (C=O) groups is 4. The van der Waals surface area contributed by atoms with Gasteiger partial charge in [0, 0.05) is 20.3 Å². The van der Waals surface area contributed by atoms with Crippen molar-refractivity contribution in [3.63, 3.8) is 0 Å². The van der Waals surface area contributed by atoms with E-state index in [0.717, 1.165) is 6.92 Å². The number of esters is 4. The van der Waals surface area contributed by atoms with E-state index in [2.05, 4.69) is 0 Å². The van der Waals surface area contributed by atoms with E-state index in [-0.39, 0.29) is 17.5 Å². The van der Waals surface area contributed by atoms with Gasteiger partial charge >= 0.3 is 23.9 Å². The summed E-state index contributed by atoms with van der Waals surface area (Å²) in [6, 6.07) is 16.3. The molecule has 0 amide bonds. The first kappa shape index (κ1) is 31.6. The molecule has 0 radical (unpaired) electrons. The normalized spacial score (nSPS) is 36.8. The topological polar surface area (TPSA) is 155 Å². The van der Waals surface area contributed by atoms with Crippen LogP contribution in [-0.4, -0.2) is 81.4 Å². The van der Waals surface area contributed by atoms with E-state index in [1.54, 1.807) is 74.5 Å². The molecule has 2 aromatic rings. The lowest BCUT2D eigenvalue weighted by Gasteiger charge is -2.65. The zero-order valence-electron chi connectivity index (χ0n) is 25.5. The van der Waals surface area contributed by atoms with Gasteiger partial charge in [-0.25, -0.2) is 9.59 Å². The third-order valence-corrected chi connectivity index (χ3v) is 9.43. The molecule has 0 aromatic heterocycles. The Hall–Kier alpha value is -3.80. The molecule has 1 saturated heterocycles. The predicted octanol–water partition coefficient (Wildman–Crippen LogP) is 3.00. The van der Waals surface area contributed by atoms with Crippen LogP contribution in [0.2, 0.25) is 0 Å². The minimum Gasteiger partial charge on any atom is -0.459 e. The summed E-state index contributed by atoms with van der Waals surface area (Å²) in [6.45, 7) is 8.69. The number of hydrogen-bond acceptors (Lipinski definition) is 11. The van der Waals surface area contributed by atoms with Gasteiger partial charge in [0.2, 0.25) is 0 Å². The van der Waals surface area contributed by atoms with Gasteiger partial charge in [-0.1, -0.05) is 36.4 Å². The first-order valence-corrected chi connectivity index (χ1v) is 14.5. The summed E-state index contributed by atoms with van der Waals surface area (Å²) in [6.07, 6.45) is -7.41. The van der Waals surface area contributed by atoms with Gasteiger partial charge < -0.3 is 33.9 Å². The van der Waals surface area contributed by atoms with Crippen molar-refractivity contribution in [1.29, 1.82) is 0 Å². The second kappa shape index (κ2) is 11.0. The fraction of sp³-hybridized carbons (Fsp3) is 0.515. The standard InChI is InChI=1S/C33H38O11/c1-18(34)40-25-22(36)17-31(5,39)33-26(41-19(2)35)23(30(3,4)44-33)24(42-28(37)20-13-9-7-10-14-20)27(32(25,33)6)43-29(38)21-15-11-8-12-16-21/h7-16,22-27,36,39H,17H2,1-6H3/t22-,23?,24?,25-,26?,27?,31-,32-,33?/m0/s1. The average Bonchev–Trinajstić information content (AvgIpc) is 3.16. The molecule has 2 bridgehead atoms. The highest BCUT2D eigenvalue weighted by molar-refractivity contribution is 5.90. The molecule has 2 aromatic carbocycles. The summed E-state index contributed by atoms with van der Waals surface area (Å²) in [7, 11) is 0. The van der Waals surface area contributed by atoms with E-state index in [1.807, 2.05) is 0 Å². The maximum absolute atomic E-state index is 13.7. The van der Waals surface area contributed by atoms with Crippen LogP contribution in [0.15, 0.2) is 60.7 Å². The van der Waals surface area contributed by atoms with Gasteiger partial charge in [-0.2, -0.15) is 0 Å². The molecule has 2 N–H and O–H groups in total. The zero-order chi connectivity index (χ0) is 32.2. The van der Waals surface area contributed by atoms with Crippen LogP contribution in [0.25, 0.3) is 0 Å². The van der Waals surface area contributed by atoms with E-state index >= 15 is 0 Å². The Morgan fingerprint density at radius 1 is 0.727 bits per heavy atom. The molecule has 3 fully saturated rings. The van der Waals surface area contributed by atoms with E-state index in [4.69, 9.17) is 23.7 Å². The maximum atomic E-state index is 13.7. The SMILES string of the molecule is CC(=O)OC1C2C(OC(=O)c3ccccc3)C(OC(=O)c3ccccc3)[C@]3(C)[C@@H](OC(C)=O)[C@@H](O)C[C@](C)(O)C13OC2(C)C. The van der Waals surface area contributed by atoms with Crippen molar-refractivity contribution in [2.45, 2.75) is 95.3 Å². The molecule has 5 rings (SSSR count). The molecule has 5 unspecified atom stereocenters. The highest BCUT2D eigenvalue weighted by atomic mass is 16.6. The van der Waals surface area contributed by atoms with Gasteiger partial charge in [0.1, 0.15) is 23.9 Å². The van der Waals surface area contributed by atoms with E-state index in [1.165, 1.54) is 20.8 Å². The maximum Gasteiger partial charge on any atom is 0.338 e. The fourth-order valence-electron chi connectivity index (χ4n) is 7.88. The van der Waals surface area contributed by atoms with Gasteiger partial charge in [0.25, 0.3) is 0 Å². The number of ether oxygens (including phenoxy) is 5. The molecule has 236 valence electrons. The van der Waals surface area contributed by atoms with Crippen molar-refractivity contribution in [1.82, 2.24) is 0 Å². The molecule has 1 heterocycles. The summed E-state index contributed by atoms with van der Waals surface area (Å²) in [4.78, 5) is 52.5. The van der Waals surface area contributed by atoms with Crippen LogP contribution in [0.4, 0.5) is 0 Å². The van der Waals surface area contributed by atoms with Crippen molar-refractivity contribution in [2.75, 3.05) is 0 Å². The van der Waals surface area contributed by atoms with E-state index < -0.39 is 82.5 Å². The third kappa shape index (κ3) is 4.78. The fourth-order valence-corrected chi connectivity index (χ4v) is 7.88. The Kier molecular flexibility index (Phi) is 7.89. The summed E-state index contributed by atoms with van der Waals surface area (Å²) in [5, 5.41) is 23.6. The minimum absolute atomic E-state index is 0.181. The van der Waals surface area contributed by atoms with Crippen molar-refractivity contribution in [3.8, 4) is 0 Å². The molecular formula is C33H38O11. The van der Waals surface area contributed by atoms with Gasteiger partial charge in [-0.05, 0) is 52.0 Å². The van der Waals surface area contributed by atoms with Crippen LogP contribution >= 0.6 is 0 Å². The molecule has 2 saturated carbocycles. The Balaban J connectivity index is 1.78. The number of fused-ring (bicyclic) bond motifs is 1. The van der Waals surface area contributed by atoms with Crippen molar-refractivity contribution < 1.29 is 53.1 Å². The van der Waals surface area contributed by atoms with E-state index in [9.17, 15) is 29.4 Å². The molecule has 3 aliphatic rings. The number of hydrogen-bond donors (Lipinski definition) is 2. The van der Waals surface area contributed by atoms with Crippen molar-refractivity contribution >= 4 is 23.9 Å². The highest BCUT2D eigenvalue weighted by Crippen LogP contribution is 2.69. The number of aliphatic hydroxyl groups is 2. The second-order valence-electron chi connectivity index (χ2n) is 12.8. The van der Waals surface area contributed by atoms with Crippen LogP contribution in [-0.2, 0) is 33.3 Å². The van der Waals surface area contributed by atoms with Crippen LogP contribution in [0.1, 0.15) is 68.7 Å². The summed E-state index contributed by atoms with van der Waals surface area (Å²) in [5.74, 6) is -4.01. The molecule has 9 atom stereocenters. The molecule has 11 heteroatoms. The largest absolute Gasteiger partial charge is 0.459 e. The second-order valence-corrected chi connectivity index (χ2v) is 12.8. The highest BCUT2D eigenvalue weighted by Gasteiger charge is 2.86. The van der Waals surface area contributed by atoms with E-state index in [0.29, 0.717) is 0 Å². The minimum atomic E-state index is -1.93. The molecule has 2 aliphatic carbocycles. The van der Waals surface area contributed by atoms with Crippen LogP contribution in [0.3, 0.4) is 0 Å². The lowest BCUT2D eigenvalue weighted by molar-refractivity contribution is -0.351. The first-order chi connectivity index (χ1) is 20.6. The quantitative estimate of drug-likeness (QED) is 0.366. The first-order valence-electron chi connectivity index (χ1n) is 14.5. The average molecular weight is 611 g/mol. The molecule has 1 aliphatic heterocycles. The number of aliphatic hydroxyl groups excluding tert-OH is 1. The van der Waals surface area contributed by atoms with Gasteiger partial charge in [0.15, 0.2) is 6.10 Å².